The molecule has 20 heavy (non-hydrogen) atoms. The van der Waals surface area contributed by atoms with E-state index in [1.54, 1.807) is 13.8 Å². The summed E-state index contributed by atoms with van der Waals surface area (Å²) in [5.41, 5.74) is -0.663. The zero-order chi connectivity index (χ0) is 14.9. The number of hydrogen-bond donors (Lipinski definition) is 0. The Morgan fingerprint density at radius 3 is 2.50 bits per heavy atom. The summed E-state index contributed by atoms with van der Waals surface area (Å²) in [6, 6.07) is 5.05. The molecule has 0 saturated carbocycles. The van der Waals surface area contributed by atoms with Crippen LogP contribution in [-0.4, -0.2) is 4.98 Å². The number of rotatable bonds is 2. The maximum Gasteiger partial charge on any atom is 0.417 e. The van der Waals surface area contributed by atoms with E-state index in [0.717, 1.165) is 23.9 Å². The topological polar surface area (TPSA) is 49.8 Å². The molecule has 0 atom stereocenters. The van der Waals surface area contributed by atoms with E-state index in [9.17, 15) is 13.2 Å². The second-order valence-electron chi connectivity index (χ2n) is 4.04. The molecule has 2 aromatic rings. The van der Waals surface area contributed by atoms with Gasteiger partial charge in [-0.15, -0.1) is 0 Å². The van der Waals surface area contributed by atoms with Crippen LogP contribution < -0.4 is 0 Å². The Morgan fingerprint density at radius 2 is 2.00 bits per heavy atom. The fourth-order valence-corrected chi connectivity index (χ4v) is 2.37. The molecule has 0 aliphatic rings. The first-order valence-electron chi connectivity index (χ1n) is 5.54. The Morgan fingerprint density at radius 1 is 1.30 bits per heavy atom. The van der Waals surface area contributed by atoms with Crippen LogP contribution in [0.2, 0.25) is 0 Å². The highest BCUT2D eigenvalue weighted by Crippen LogP contribution is 2.36. The Labute approximate surface area is 117 Å². The lowest BCUT2D eigenvalue weighted by Crippen LogP contribution is -2.07. The zero-order valence-electron chi connectivity index (χ0n) is 10.6. The lowest BCUT2D eigenvalue weighted by atomic mass is 10.1. The van der Waals surface area contributed by atoms with E-state index in [1.807, 2.05) is 0 Å². The van der Waals surface area contributed by atoms with Crippen molar-refractivity contribution in [3.63, 3.8) is 0 Å². The molecular weight excluding hydrogens is 289 g/mol. The van der Waals surface area contributed by atoms with E-state index >= 15 is 0 Å². The minimum absolute atomic E-state index is 0.276. The maximum absolute atomic E-state index is 12.8. The molecule has 0 unspecified atom stereocenters. The molecule has 1 aromatic carbocycles. The van der Waals surface area contributed by atoms with Crippen molar-refractivity contribution in [1.29, 1.82) is 5.26 Å². The second-order valence-corrected chi connectivity index (χ2v) is 5.07. The summed E-state index contributed by atoms with van der Waals surface area (Å²) in [5.74, 6) is 0.622. The molecule has 3 nitrogen and oxygen atoms in total. The average Bonchev–Trinajstić information content (AvgIpc) is 2.67. The maximum atomic E-state index is 12.8. The van der Waals surface area contributed by atoms with Crippen LogP contribution in [0.3, 0.4) is 0 Å². The summed E-state index contributed by atoms with van der Waals surface area (Å²) < 4.78 is 43.8. The summed E-state index contributed by atoms with van der Waals surface area (Å²) >= 11 is 0.985. The Hall–Kier alpha value is -1.94. The number of benzene rings is 1. The molecule has 0 amide bonds. The van der Waals surface area contributed by atoms with Gasteiger partial charge < -0.3 is 4.42 Å². The van der Waals surface area contributed by atoms with Gasteiger partial charge in [-0.25, -0.2) is 4.98 Å². The monoisotopic (exact) mass is 298 g/mol. The molecule has 0 radical (unpaired) electrons. The van der Waals surface area contributed by atoms with E-state index in [0.29, 0.717) is 16.3 Å². The van der Waals surface area contributed by atoms with Gasteiger partial charge in [-0.3, -0.25) is 0 Å². The van der Waals surface area contributed by atoms with Crippen LogP contribution in [-0.2, 0) is 6.18 Å². The quantitative estimate of drug-likeness (QED) is 0.828. The van der Waals surface area contributed by atoms with Gasteiger partial charge in [0, 0.05) is 4.90 Å². The molecule has 0 spiro atoms. The molecule has 7 heteroatoms. The number of halogens is 3. The first-order chi connectivity index (χ1) is 9.31. The number of aromatic nitrogens is 1. The third-order valence-electron chi connectivity index (χ3n) is 2.63. The van der Waals surface area contributed by atoms with Crippen LogP contribution in [0.15, 0.2) is 32.7 Å². The highest BCUT2D eigenvalue weighted by atomic mass is 32.2. The third-order valence-corrected chi connectivity index (χ3v) is 3.47. The molecule has 0 N–H and O–H groups in total. The van der Waals surface area contributed by atoms with Crippen molar-refractivity contribution in [3.05, 3.63) is 40.8 Å². The van der Waals surface area contributed by atoms with Crippen molar-refractivity contribution in [2.75, 3.05) is 0 Å². The van der Waals surface area contributed by atoms with E-state index in [-0.39, 0.29) is 5.22 Å². The van der Waals surface area contributed by atoms with Crippen LogP contribution in [0.4, 0.5) is 13.2 Å². The fraction of sp³-hybridized carbons (Fsp3) is 0.231. The molecule has 0 saturated heterocycles. The smallest absolute Gasteiger partial charge is 0.417 e. The van der Waals surface area contributed by atoms with Crippen molar-refractivity contribution in [2.24, 2.45) is 0 Å². The van der Waals surface area contributed by atoms with E-state index in [2.05, 4.69) is 4.98 Å². The number of nitriles is 1. The lowest BCUT2D eigenvalue weighted by Gasteiger charge is -2.09. The molecule has 0 aliphatic heterocycles. The van der Waals surface area contributed by atoms with Gasteiger partial charge in [-0.2, -0.15) is 18.4 Å². The van der Waals surface area contributed by atoms with Crippen LogP contribution >= 0.6 is 11.8 Å². The van der Waals surface area contributed by atoms with Crippen molar-refractivity contribution in [3.8, 4) is 6.07 Å². The highest BCUT2D eigenvalue weighted by molar-refractivity contribution is 7.99. The van der Waals surface area contributed by atoms with Gasteiger partial charge in [0.1, 0.15) is 5.76 Å². The van der Waals surface area contributed by atoms with Crippen molar-refractivity contribution >= 4 is 11.8 Å². The van der Waals surface area contributed by atoms with Gasteiger partial charge in [0.05, 0.1) is 22.9 Å². The van der Waals surface area contributed by atoms with Gasteiger partial charge in [0.25, 0.3) is 5.22 Å². The number of aryl methyl sites for hydroxylation is 2. The van der Waals surface area contributed by atoms with Crippen LogP contribution in [0.25, 0.3) is 0 Å². The number of hydrogen-bond acceptors (Lipinski definition) is 4. The molecule has 0 fully saturated rings. The number of alkyl halides is 3. The predicted octanol–water partition coefficient (Wildman–Crippen LogP) is 4.33. The van der Waals surface area contributed by atoms with E-state index in [4.69, 9.17) is 9.68 Å². The number of oxazole rings is 1. The molecule has 0 bridgehead atoms. The Bertz CT molecular complexity index is 666. The predicted molar refractivity (Wildman–Crippen MR) is 66.3 cm³/mol. The van der Waals surface area contributed by atoms with Gasteiger partial charge >= 0.3 is 6.18 Å². The second kappa shape index (κ2) is 5.21. The van der Waals surface area contributed by atoms with Gasteiger partial charge in [0.2, 0.25) is 0 Å². The van der Waals surface area contributed by atoms with Crippen LogP contribution in [0.1, 0.15) is 22.6 Å². The average molecular weight is 298 g/mol. The van der Waals surface area contributed by atoms with Gasteiger partial charge in [0.15, 0.2) is 0 Å². The van der Waals surface area contributed by atoms with Gasteiger partial charge in [-0.05, 0) is 43.8 Å². The summed E-state index contributed by atoms with van der Waals surface area (Å²) in [4.78, 5) is 4.41. The lowest BCUT2D eigenvalue weighted by molar-refractivity contribution is -0.137. The van der Waals surface area contributed by atoms with Crippen molar-refractivity contribution in [1.82, 2.24) is 4.98 Å². The van der Waals surface area contributed by atoms with Crippen molar-refractivity contribution in [2.45, 2.75) is 30.1 Å². The molecule has 0 aliphatic carbocycles. The largest absolute Gasteiger partial charge is 0.436 e. The summed E-state index contributed by atoms with van der Waals surface area (Å²) in [6.45, 7) is 3.48. The summed E-state index contributed by atoms with van der Waals surface area (Å²) in [5, 5.41) is 8.99. The molecular formula is C13H9F3N2OS. The Kier molecular flexibility index (Phi) is 3.77. The minimum Gasteiger partial charge on any atom is -0.436 e. The van der Waals surface area contributed by atoms with E-state index in [1.165, 1.54) is 12.1 Å². The van der Waals surface area contributed by atoms with Gasteiger partial charge in [-0.1, -0.05) is 0 Å². The minimum atomic E-state index is -4.57. The normalized spacial score (nSPS) is 11.4. The first kappa shape index (κ1) is 14.5. The number of nitrogens with zero attached hydrogens (tertiary/aromatic N) is 2. The van der Waals surface area contributed by atoms with Crippen LogP contribution in [0.5, 0.6) is 0 Å². The standard InChI is InChI=1S/C13H9F3N2OS/c1-7-8(2)19-12(18-7)20-10-4-3-9(6-17)11(5-10)13(14,15)16/h3-5H,1-2H3. The molecule has 104 valence electrons. The third kappa shape index (κ3) is 2.96. The zero-order valence-corrected chi connectivity index (χ0v) is 11.4. The first-order valence-corrected chi connectivity index (χ1v) is 6.36. The van der Waals surface area contributed by atoms with Crippen molar-refractivity contribution < 1.29 is 17.6 Å². The SMILES string of the molecule is Cc1nc(Sc2ccc(C#N)c(C(F)(F)F)c2)oc1C. The van der Waals surface area contributed by atoms with Crippen LogP contribution in [0, 0.1) is 25.2 Å². The van der Waals surface area contributed by atoms with E-state index < -0.39 is 17.3 Å². The molecule has 1 heterocycles. The summed E-state index contributed by atoms with van der Waals surface area (Å²) in [6.07, 6.45) is -4.57. The molecule has 2 rings (SSSR count). The fourth-order valence-electron chi connectivity index (χ4n) is 1.51. The molecule has 1 aromatic heterocycles. The Balaban J connectivity index is 2.37. The highest BCUT2D eigenvalue weighted by Gasteiger charge is 2.34. The summed E-state index contributed by atoms with van der Waals surface area (Å²) in [7, 11) is 0.